The van der Waals surface area contributed by atoms with Crippen LogP contribution in [-0.2, 0) is 6.61 Å². The third kappa shape index (κ3) is 3.31. The van der Waals surface area contributed by atoms with Gasteiger partial charge in [0.25, 0.3) is 0 Å². The molecule has 0 radical (unpaired) electrons. The molecule has 0 aliphatic carbocycles. The number of hydrogen-bond acceptors (Lipinski definition) is 3. The summed E-state index contributed by atoms with van der Waals surface area (Å²) in [6.07, 6.45) is 0.797. The van der Waals surface area contributed by atoms with E-state index < -0.39 is 0 Å². The second-order valence-corrected chi connectivity index (χ2v) is 5.26. The summed E-state index contributed by atoms with van der Waals surface area (Å²) in [4.78, 5) is 0. The van der Waals surface area contributed by atoms with Gasteiger partial charge in [0, 0.05) is 0 Å². The Bertz CT molecular complexity index is 289. The number of aromatic hydroxyl groups is 1. The molecule has 0 spiro atoms. The fourth-order valence-corrected chi connectivity index (χ4v) is 3.10. The summed E-state index contributed by atoms with van der Waals surface area (Å²) in [6.45, 7) is 0.179. The molecule has 1 rings (SSSR count). The molecule has 0 aliphatic rings. The van der Waals surface area contributed by atoms with Crippen molar-refractivity contribution in [1.82, 2.24) is 0 Å². The molecule has 0 atom stereocenters. The summed E-state index contributed by atoms with van der Waals surface area (Å²) in [7, 11) is 0. The first-order chi connectivity index (χ1) is 6.77. The summed E-state index contributed by atoms with van der Waals surface area (Å²) in [5, 5.41) is 27.8. The fourth-order valence-electron chi connectivity index (χ4n) is 1.08. The molecular formula is C10H14O3Se. The topological polar surface area (TPSA) is 60.7 Å². The number of rotatable bonds is 5. The van der Waals surface area contributed by atoms with Crippen LogP contribution in [0, 0.1) is 0 Å². The van der Waals surface area contributed by atoms with Gasteiger partial charge in [-0.2, -0.15) is 0 Å². The normalized spacial score (nSPS) is 10.4. The van der Waals surface area contributed by atoms with Crippen molar-refractivity contribution in [2.75, 3.05) is 6.61 Å². The number of phenolic OH excluding ortho intramolecular Hbond substituents is 1. The molecule has 0 heterocycles. The van der Waals surface area contributed by atoms with Crippen molar-refractivity contribution in [3.63, 3.8) is 0 Å². The summed E-state index contributed by atoms with van der Waals surface area (Å²) in [5.74, 6) is 0.191. The Morgan fingerprint density at radius 1 is 1.21 bits per heavy atom. The molecule has 1 aromatic carbocycles. The molecule has 0 bridgehead atoms. The van der Waals surface area contributed by atoms with E-state index in [1.54, 1.807) is 12.1 Å². The SMILES string of the molecule is OCCC[Se]c1ccc(O)cc1CO. The Balaban J connectivity index is 2.65. The van der Waals surface area contributed by atoms with Crippen molar-refractivity contribution in [1.29, 1.82) is 0 Å². The maximum atomic E-state index is 9.20. The minimum atomic E-state index is -0.0371. The van der Waals surface area contributed by atoms with Crippen molar-refractivity contribution in [2.24, 2.45) is 0 Å². The van der Waals surface area contributed by atoms with Crippen LogP contribution in [0.3, 0.4) is 0 Å². The number of aliphatic hydroxyl groups excluding tert-OH is 2. The van der Waals surface area contributed by atoms with Crippen LogP contribution >= 0.6 is 0 Å². The zero-order valence-corrected chi connectivity index (χ0v) is 9.52. The first-order valence-corrected chi connectivity index (χ1v) is 6.51. The van der Waals surface area contributed by atoms with E-state index in [4.69, 9.17) is 10.2 Å². The molecule has 4 heteroatoms. The third-order valence-corrected chi connectivity index (χ3v) is 4.30. The van der Waals surface area contributed by atoms with Crippen LogP contribution in [0.2, 0.25) is 5.32 Å². The van der Waals surface area contributed by atoms with Gasteiger partial charge in [0.05, 0.1) is 0 Å². The summed E-state index contributed by atoms with van der Waals surface area (Å²) >= 11 is 0.272. The van der Waals surface area contributed by atoms with Gasteiger partial charge in [-0.15, -0.1) is 0 Å². The van der Waals surface area contributed by atoms with Gasteiger partial charge in [0.2, 0.25) is 0 Å². The quantitative estimate of drug-likeness (QED) is 0.517. The molecule has 0 fully saturated rings. The molecule has 0 unspecified atom stereocenters. The molecular weight excluding hydrogens is 247 g/mol. The van der Waals surface area contributed by atoms with Crippen LogP contribution < -0.4 is 4.46 Å². The summed E-state index contributed by atoms with van der Waals surface area (Å²) in [6, 6.07) is 5.07. The average Bonchev–Trinajstić information content (AvgIpc) is 2.20. The van der Waals surface area contributed by atoms with Crippen molar-refractivity contribution in [2.45, 2.75) is 18.3 Å². The molecule has 14 heavy (non-hydrogen) atoms. The zero-order valence-electron chi connectivity index (χ0n) is 7.81. The third-order valence-electron chi connectivity index (χ3n) is 1.77. The Kier molecular flexibility index (Phi) is 4.98. The molecule has 78 valence electrons. The van der Waals surface area contributed by atoms with E-state index in [2.05, 4.69) is 0 Å². The van der Waals surface area contributed by atoms with Crippen LogP contribution in [0.25, 0.3) is 0 Å². The van der Waals surface area contributed by atoms with Gasteiger partial charge in [0.15, 0.2) is 0 Å². The van der Waals surface area contributed by atoms with E-state index in [0.29, 0.717) is 0 Å². The zero-order chi connectivity index (χ0) is 10.4. The van der Waals surface area contributed by atoms with E-state index in [1.807, 2.05) is 6.07 Å². The Hall–Kier alpha value is -0.541. The van der Waals surface area contributed by atoms with E-state index in [-0.39, 0.29) is 33.9 Å². The predicted molar refractivity (Wildman–Crippen MR) is 55.9 cm³/mol. The summed E-state index contributed by atoms with van der Waals surface area (Å²) < 4.78 is 1.10. The molecule has 3 nitrogen and oxygen atoms in total. The molecule has 0 aliphatic heterocycles. The first-order valence-electron chi connectivity index (χ1n) is 4.44. The Morgan fingerprint density at radius 2 is 2.00 bits per heavy atom. The van der Waals surface area contributed by atoms with Crippen LogP contribution in [-0.4, -0.2) is 36.9 Å². The number of hydrogen-bond donors (Lipinski definition) is 3. The predicted octanol–water partition coefficient (Wildman–Crippen LogP) is 0.0147. The monoisotopic (exact) mass is 262 g/mol. The van der Waals surface area contributed by atoms with E-state index >= 15 is 0 Å². The Labute approximate surface area is 89.6 Å². The maximum absolute atomic E-state index is 9.20. The molecule has 0 saturated heterocycles. The number of benzene rings is 1. The van der Waals surface area contributed by atoms with Crippen LogP contribution in [0.15, 0.2) is 18.2 Å². The van der Waals surface area contributed by atoms with Gasteiger partial charge in [0.1, 0.15) is 0 Å². The number of phenols is 1. The van der Waals surface area contributed by atoms with E-state index in [1.165, 1.54) is 0 Å². The van der Waals surface area contributed by atoms with Crippen LogP contribution in [0.4, 0.5) is 0 Å². The van der Waals surface area contributed by atoms with Crippen LogP contribution in [0.1, 0.15) is 12.0 Å². The van der Waals surface area contributed by atoms with Crippen molar-refractivity contribution in [3.8, 4) is 5.75 Å². The fraction of sp³-hybridized carbons (Fsp3) is 0.400. The van der Waals surface area contributed by atoms with E-state index in [0.717, 1.165) is 21.8 Å². The van der Waals surface area contributed by atoms with Gasteiger partial charge < -0.3 is 0 Å². The minimum absolute atomic E-state index is 0.0371. The second-order valence-electron chi connectivity index (χ2n) is 2.88. The van der Waals surface area contributed by atoms with Gasteiger partial charge in [-0.25, -0.2) is 0 Å². The number of aliphatic hydroxyl groups is 2. The average molecular weight is 261 g/mol. The molecule has 0 saturated carbocycles. The van der Waals surface area contributed by atoms with Crippen molar-refractivity contribution in [3.05, 3.63) is 23.8 Å². The van der Waals surface area contributed by atoms with Crippen LogP contribution in [0.5, 0.6) is 5.75 Å². The van der Waals surface area contributed by atoms with E-state index in [9.17, 15) is 5.11 Å². The second kappa shape index (κ2) is 6.04. The van der Waals surface area contributed by atoms with Gasteiger partial charge >= 0.3 is 89.2 Å². The first kappa shape index (κ1) is 11.5. The van der Waals surface area contributed by atoms with Gasteiger partial charge in [-0.3, -0.25) is 0 Å². The Morgan fingerprint density at radius 3 is 2.64 bits per heavy atom. The van der Waals surface area contributed by atoms with Gasteiger partial charge in [-0.05, 0) is 0 Å². The van der Waals surface area contributed by atoms with Crippen molar-refractivity contribution >= 4 is 19.4 Å². The molecule has 0 aromatic heterocycles. The summed E-state index contributed by atoms with van der Waals surface area (Å²) in [5.41, 5.74) is 0.794. The van der Waals surface area contributed by atoms with Crippen molar-refractivity contribution < 1.29 is 15.3 Å². The van der Waals surface area contributed by atoms with Gasteiger partial charge in [-0.1, -0.05) is 0 Å². The molecule has 1 aromatic rings. The molecule has 0 amide bonds. The standard InChI is InChI=1S/C10H14O3Se/c11-4-1-5-14-10-3-2-9(13)6-8(10)7-12/h2-3,6,11-13H,1,4-5,7H2. The molecule has 3 N–H and O–H groups in total.